The van der Waals surface area contributed by atoms with Crippen LogP contribution in [0.1, 0.15) is 6.42 Å². The first kappa shape index (κ1) is 9.28. The van der Waals surface area contributed by atoms with Crippen molar-refractivity contribution in [2.45, 2.75) is 19.8 Å². The van der Waals surface area contributed by atoms with Gasteiger partial charge in [-0.2, -0.15) is 0 Å². The first-order chi connectivity index (χ1) is 5.79. The van der Waals surface area contributed by atoms with Gasteiger partial charge in [0.25, 0.3) is 0 Å². The molecule has 66 valence electrons. The minimum Gasteiger partial charge on any atom is -0.437 e. The highest BCUT2D eigenvalue weighted by atomic mass is 16.2. The zero-order valence-corrected chi connectivity index (χ0v) is 7.27. The van der Waals surface area contributed by atoms with Crippen molar-refractivity contribution in [1.82, 2.24) is 14.8 Å². The summed E-state index contributed by atoms with van der Waals surface area (Å²) in [5.41, 5.74) is 0. The van der Waals surface area contributed by atoms with Gasteiger partial charge in [0.2, 0.25) is 0 Å². The van der Waals surface area contributed by atoms with Gasteiger partial charge < -0.3 is 14.8 Å². The number of nitrogens with zero attached hydrogens (tertiary/aromatic N) is 2. The van der Waals surface area contributed by atoms with Crippen LogP contribution in [0.3, 0.4) is 0 Å². The second-order valence-corrected chi connectivity index (χ2v) is 2.78. The van der Waals surface area contributed by atoms with E-state index in [1.807, 2.05) is 10.8 Å². The summed E-state index contributed by atoms with van der Waals surface area (Å²) < 4.78 is 2.02. The topological polar surface area (TPSA) is 50.1 Å². The maximum absolute atomic E-state index is 8.88. The van der Waals surface area contributed by atoms with Gasteiger partial charge in [0.1, 0.15) is 0 Å². The quantitative estimate of drug-likeness (QED) is 0.478. The zero-order valence-electron chi connectivity index (χ0n) is 7.27. The van der Waals surface area contributed by atoms with Crippen LogP contribution in [0.5, 0.6) is 0 Å². The minimum atomic E-state index is -0.409. The highest BCUT2D eigenvalue weighted by Crippen LogP contribution is 1.88. The van der Waals surface area contributed by atoms with Crippen LogP contribution in [-0.4, -0.2) is 28.2 Å². The molecule has 0 amide bonds. The van der Waals surface area contributed by atoms with E-state index in [0.717, 1.165) is 19.5 Å². The molecule has 0 atom stereocenters. The van der Waals surface area contributed by atoms with Crippen LogP contribution in [0.25, 0.3) is 0 Å². The van der Waals surface area contributed by atoms with E-state index in [0.29, 0.717) is 0 Å². The third-order valence-electron chi connectivity index (χ3n) is 1.59. The molecule has 0 bridgehead atoms. The van der Waals surface area contributed by atoms with Gasteiger partial charge in [-0.25, -0.2) is 4.98 Å². The van der Waals surface area contributed by atoms with Gasteiger partial charge >= 0.3 is 7.05 Å². The summed E-state index contributed by atoms with van der Waals surface area (Å²) in [5.74, 6) is 0. The van der Waals surface area contributed by atoms with E-state index in [4.69, 9.17) is 5.02 Å². The fourth-order valence-electron chi connectivity index (χ4n) is 0.992. The summed E-state index contributed by atoms with van der Waals surface area (Å²) in [7, 11) is -0.409. The Bertz CT molecular complexity index is 200. The molecule has 1 aromatic rings. The van der Waals surface area contributed by atoms with Crippen LogP contribution in [0.4, 0.5) is 0 Å². The number of aryl methyl sites for hydroxylation is 1. The molecule has 4 nitrogen and oxygen atoms in total. The third kappa shape index (κ3) is 3.55. The van der Waals surface area contributed by atoms with Gasteiger partial charge in [0, 0.05) is 18.9 Å². The highest BCUT2D eigenvalue weighted by Gasteiger charge is 1.98. The lowest BCUT2D eigenvalue weighted by molar-refractivity contribution is 0.542. The molecule has 0 aliphatic heterocycles. The summed E-state index contributed by atoms with van der Waals surface area (Å²) in [6.07, 6.45) is 6.49. The minimum absolute atomic E-state index is 0.409. The highest BCUT2D eigenvalue weighted by molar-refractivity contribution is 6.45. The van der Waals surface area contributed by atoms with Crippen LogP contribution in [0.15, 0.2) is 18.7 Å². The summed E-state index contributed by atoms with van der Waals surface area (Å²) in [6.45, 7) is 3.49. The molecule has 5 heteroatoms. The molecule has 0 aliphatic rings. The van der Waals surface area contributed by atoms with E-state index >= 15 is 0 Å². The summed E-state index contributed by atoms with van der Waals surface area (Å²) in [6, 6.07) is 0. The average molecular weight is 167 g/mol. The fraction of sp³-hybridized carbons (Fsp3) is 0.571. The number of imidazole rings is 1. The zero-order chi connectivity index (χ0) is 8.81. The van der Waals surface area contributed by atoms with E-state index in [9.17, 15) is 0 Å². The molecule has 1 heterocycles. The van der Waals surface area contributed by atoms with Crippen LogP contribution in [0.2, 0.25) is 6.82 Å². The molecule has 0 saturated carbocycles. The Morgan fingerprint density at radius 3 is 3.08 bits per heavy atom. The van der Waals surface area contributed by atoms with Crippen molar-refractivity contribution in [2.75, 3.05) is 6.54 Å². The Morgan fingerprint density at radius 1 is 1.67 bits per heavy atom. The van der Waals surface area contributed by atoms with Gasteiger partial charge in [0.05, 0.1) is 6.33 Å². The van der Waals surface area contributed by atoms with Crippen LogP contribution < -0.4 is 5.23 Å². The maximum atomic E-state index is 8.88. The Morgan fingerprint density at radius 2 is 2.50 bits per heavy atom. The Balaban J connectivity index is 2.04. The molecule has 2 N–H and O–H groups in total. The van der Waals surface area contributed by atoms with Crippen molar-refractivity contribution in [3.8, 4) is 0 Å². The second kappa shape index (κ2) is 4.95. The van der Waals surface area contributed by atoms with Gasteiger partial charge in [0.15, 0.2) is 0 Å². The van der Waals surface area contributed by atoms with E-state index < -0.39 is 7.05 Å². The predicted molar refractivity (Wildman–Crippen MR) is 48.7 cm³/mol. The number of hydrogen-bond donors (Lipinski definition) is 2. The molecule has 0 aliphatic carbocycles. The van der Waals surface area contributed by atoms with Crippen LogP contribution >= 0.6 is 0 Å². The first-order valence-electron chi connectivity index (χ1n) is 4.16. The predicted octanol–water partition coefficient (Wildman–Crippen LogP) is -0.0269. The van der Waals surface area contributed by atoms with Gasteiger partial charge in [-0.3, -0.25) is 0 Å². The van der Waals surface area contributed by atoms with E-state index in [1.165, 1.54) is 0 Å². The summed E-state index contributed by atoms with van der Waals surface area (Å²) >= 11 is 0. The van der Waals surface area contributed by atoms with Gasteiger partial charge in [-0.15, -0.1) is 0 Å². The van der Waals surface area contributed by atoms with E-state index in [-0.39, 0.29) is 0 Å². The van der Waals surface area contributed by atoms with Crippen molar-refractivity contribution >= 4 is 7.05 Å². The van der Waals surface area contributed by atoms with Gasteiger partial charge in [-0.05, 0) is 19.8 Å². The van der Waals surface area contributed by atoms with Crippen molar-refractivity contribution in [3.63, 3.8) is 0 Å². The van der Waals surface area contributed by atoms with Crippen LogP contribution in [-0.2, 0) is 6.54 Å². The summed E-state index contributed by atoms with van der Waals surface area (Å²) in [5, 5.41) is 11.8. The Hall–Kier alpha value is -0.805. The molecule has 12 heavy (non-hydrogen) atoms. The molecule has 0 fully saturated rings. The van der Waals surface area contributed by atoms with E-state index in [2.05, 4.69) is 10.2 Å². The molecule has 0 radical (unpaired) electrons. The lowest BCUT2D eigenvalue weighted by Crippen LogP contribution is -2.31. The monoisotopic (exact) mass is 167 g/mol. The standard InChI is InChI=1S/C7H14BN3O/c1-8(12)10-3-2-5-11-6-4-9-7-11/h4,6-7,10,12H,2-3,5H2,1H3. The number of aromatic nitrogens is 2. The second-order valence-electron chi connectivity index (χ2n) is 2.78. The fourth-order valence-corrected chi connectivity index (χ4v) is 0.992. The Labute approximate surface area is 72.8 Å². The Kier molecular flexibility index (Phi) is 3.83. The lowest BCUT2D eigenvalue weighted by atomic mass is 9.89. The first-order valence-corrected chi connectivity index (χ1v) is 4.16. The van der Waals surface area contributed by atoms with Crippen molar-refractivity contribution in [1.29, 1.82) is 0 Å². The molecule has 1 aromatic heterocycles. The average Bonchev–Trinajstić information content (AvgIpc) is 2.49. The maximum Gasteiger partial charge on any atom is 0.373 e. The molecule has 0 saturated heterocycles. The van der Waals surface area contributed by atoms with Crippen molar-refractivity contribution < 1.29 is 5.02 Å². The SMILES string of the molecule is CB(O)NCCCn1ccnc1. The van der Waals surface area contributed by atoms with Gasteiger partial charge in [-0.1, -0.05) is 0 Å². The number of hydrogen-bond acceptors (Lipinski definition) is 3. The van der Waals surface area contributed by atoms with Crippen molar-refractivity contribution in [3.05, 3.63) is 18.7 Å². The smallest absolute Gasteiger partial charge is 0.373 e. The number of rotatable bonds is 5. The molecular formula is C7H14BN3O. The lowest BCUT2D eigenvalue weighted by Gasteiger charge is -2.04. The summed E-state index contributed by atoms with van der Waals surface area (Å²) in [4.78, 5) is 3.93. The third-order valence-corrected chi connectivity index (χ3v) is 1.59. The molecule has 0 spiro atoms. The molecular weight excluding hydrogens is 153 g/mol. The largest absolute Gasteiger partial charge is 0.437 e. The van der Waals surface area contributed by atoms with Crippen molar-refractivity contribution in [2.24, 2.45) is 0 Å². The molecule has 0 unspecified atom stereocenters. The van der Waals surface area contributed by atoms with E-state index in [1.54, 1.807) is 19.3 Å². The number of nitrogens with one attached hydrogen (secondary N) is 1. The molecule has 1 rings (SSSR count). The van der Waals surface area contributed by atoms with Crippen LogP contribution in [0, 0.1) is 0 Å². The molecule has 0 aromatic carbocycles. The normalized spacial score (nSPS) is 10.2.